The molecule has 0 aromatic heterocycles. The van der Waals surface area contributed by atoms with Crippen molar-refractivity contribution in [2.75, 3.05) is 0 Å². The van der Waals surface area contributed by atoms with E-state index in [0.717, 1.165) is 134 Å². The predicted molar refractivity (Wildman–Crippen MR) is 509 cm³/mol. The fraction of sp³-hybridized carbons (Fsp3) is 1.00. The van der Waals surface area contributed by atoms with Gasteiger partial charge in [-0.25, -0.2) is 0 Å². The lowest BCUT2D eigenvalue weighted by atomic mass is 9.43. The lowest BCUT2D eigenvalue weighted by Gasteiger charge is -2.62. The monoisotopic (exact) mass is 1590 g/mol. The molecule has 11 unspecified atom stereocenters. The molecular weight excluding hydrogens is 1380 g/mol. The maximum absolute atomic E-state index is 2.60. The maximum atomic E-state index is 2.60. The van der Waals surface area contributed by atoms with Crippen LogP contribution in [0.1, 0.15) is 528 Å². The Balaban J connectivity index is 0.000000134. The molecule has 24 rings (SSSR count). The number of hydrogen-bond acceptors (Lipinski definition) is 0. The molecular formula is C115H212. The first-order valence-corrected chi connectivity index (χ1v) is 53.6. The Morgan fingerprint density at radius 3 is 0.896 bits per heavy atom. The van der Waals surface area contributed by atoms with E-state index in [1.165, 1.54) is 203 Å². The Bertz CT molecular complexity index is 2740. The second-order valence-electron chi connectivity index (χ2n) is 55.7. The summed E-state index contributed by atoms with van der Waals surface area (Å²) in [4.78, 5) is 0. The second kappa shape index (κ2) is 39.5. The molecule has 0 N–H and O–H groups in total. The average molecular weight is 1590 g/mol. The van der Waals surface area contributed by atoms with Crippen molar-refractivity contribution in [2.24, 2.45) is 201 Å². The van der Waals surface area contributed by atoms with Crippen LogP contribution in [0.2, 0.25) is 0 Å². The average Bonchev–Trinajstić information content (AvgIpc) is 1.64. The van der Waals surface area contributed by atoms with Crippen LogP contribution >= 0.6 is 0 Å². The van der Waals surface area contributed by atoms with Gasteiger partial charge >= 0.3 is 0 Å². The van der Waals surface area contributed by atoms with Gasteiger partial charge in [-0.2, -0.15) is 0 Å². The van der Waals surface area contributed by atoms with E-state index in [1.807, 2.05) is 0 Å². The van der Waals surface area contributed by atoms with E-state index < -0.39 is 0 Å². The molecule has 24 aliphatic carbocycles. The second-order valence-corrected chi connectivity index (χ2v) is 55.7. The SMILES string of the molecule is CC(C)(C)C.CC(C)C1(C)C2CC3CC(C2)CC1C3.CC1(C)C2CC3CC(C2)CC1C3.CC1(C)CC2CC1C1C3CCC(C3)C21.CC1(C)CC2CCC1C2.CC1(C)CCCC1.CC1(C)CCCCC1.CCC(C)(C)C.CCC1(C)C2CC3CC(C2)CC1C3.CCC1(C)CC2CCC1C2.CCC1(C)CCCC1.CCC1(C)CCCCC1. The van der Waals surface area contributed by atoms with E-state index in [4.69, 9.17) is 0 Å². The van der Waals surface area contributed by atoms with Crippen molar-refractivity contribution in [2.45, 2.75) is 528 Å². The van der Waals surface area contributed by atoms with Crippen LogP contribution < -0.4 is 0 Å². The highest BCUT2D eigenvalue weighted by atomic mass is 14.7. The molecule has 24 saturated carbocycles. The molecule has 0 radical (unpaired) electrons. The fourth-order valence-electron chi connectivity index (χ4n) is 32.8. The Labute approximate surface area is 724 Å². The molecule has 11 atom stereocenters. The van der Waals surface area contributed by atoms with Crippen LogP contribution in [0, 0.1) is 201 Å². The zero-order chi connectivity index (χ0) is 84.3. The summed E-state index contributed by atoms with van der Waals surface area (Å²) in [7, 11) is 0. The molecule has 0 aromatic rings. The molecule has 20 bridgehead atoms. The van der Waals surface area contributed by atoms with Crippen molar-refractivity contribution in [3.05, 3.63) is 0 Å². The molecule has 0 saturated heterocycles. The third-order valence-corrected chi connectivity index (χ3v) is 41.9. The van der Waals surface area contributed by atoms with Crippen LogP contribution in [-0.2, 0) is 0 Å². The molecule has 672 valence electrons. The lowest BCUT2D eigenvalue weighted by Crippen LogP contribution is -2.53. The quantitative estimate of drug-likeness (QED) is 0.241. The van der Waals surface area contributed by atoms with Crippen LogP contribution in [0.15, 0.2) is 0 Å². The van der Waals surface area contributed by atoms with E-state index in [9.17, 15) is 0 Å². The van der Waals surface area contributed by atoms with Crippen molar-refractivity contribution in [1.82, 2.24) is 0 Å². The van der Waals surface area contributed by atoms with Gasteiger partial charge in [-0.15, -0.1) is 0 Å². The summed E-state index contributed by atoms with van der Waals surface area (Å²) >= 11 is 0. The minimum atomic E-state index is 0.500. The third-order valence-electron chi connectivity index (χ3n) is 41.9. The molecule has 0 aromatic carbocycles. The minimum Gasteiger partial charge on any atom is -0.0649 e. The smallest absolute Gasteiger partial charge is 0.0246 e. The highest BCUT2D eigenvalue weighted by Gasteiger charge is 2.65. The van der Waals surface area contributed by atoms with Gasteiger partial charge in [0.2, 0.25) is 0 Å². The normalized spacial score (nSPS) is 43.5. The molecule has 0 nitrogen and oxygen atoms in total. The maximum Gasteiger partial charge on any atom is -0.0246 e. The summed E-state index contributed by atoms with van der Waals surface area (Å²) in [5, 5.41) is 0. The third kappa shape index (κ3) is 25.0. The van der Waals surface area contributed by atoms with Crippen molar-refractivity contribution < 1.29 is 0 Å². The fourth-order valence-corrected chi connectivity index (χ4v) is 32.8. The topological polar surface area (TPSA) is 0 Å². The molecule has 0 spiro atoms. The first kappa shape index (κ1) is 97.2. The summed E-state index contributed by atoms with van der Waals surface area (Å²) in [6.07, 6.45) is 77.2. The van der Waals surface area contributed by atoms with Gasteiger partial charge in [0.15, 0.2) is 0 Å². The largest absolute Gasteiger partial charge is 0.0649 e. The van der Waals surface area contributed by atoms with Crippen LogP contribution in [0.25, 0.3) is 0 Å². The standard InChI is InChI=1S/C14H22.C14H24.C13H22.C12H20.C10H18.C9H16.C9H18.2C8H16.C7H14.C6H14.C5H12/c1-14(2)7-10-6-11(14)13-9-4-3-8(5-9)12(10)13;1-9(2)14(3)12-5-10-4-11(7-12)8-13(14)6-10;1-3-13(2)11-5-9-4-10(7-11)8-12(13)6-9;1-12(2)10-4-8-3-9(6-10)7-11(12)5-8;1-3-10(2)7-8-4-5-9(10)6-8;1-9(2)6-7-3-4-8(9)5-7;1-3-9(2)7-5-4-6-8-9;1-8(2)6-4-3-5-7-8;1-3-8(2)6-4-5-7-8;1-7(2)5-3-4-6-7;1-5-6(2,3)4;1-5(2,3)4/h8-13H,3-7H2,1-2H3;9-13H,4-8H2,1-3H3;9-12H,3-8H2,1-2H3;8-11H,3-7H2,1-2H3;8-9H,3-7H2,1-2H3;7-8H,3-6H2,1-2H3;3-8H2,1-2H3;2*3-7H2,1-2H3;3-6H2,1-2H3;5H2,1-4H3;1-4H3. The number of fused-ring (bicyclic) bond motifs is 13. The van der Waals surface area contributed by atoms with Crippen LogP contribution in [0.4, 0.5) is 0 Å². The van der Waals surface area contributed by atoms with E-state index in [2.05, 4.69) is 201 Å². The van der Waals surface area contributed by atoms with Gasteiger partial charge in [-0.05, 0) is 419 Å². The number of rotatable bonds is 5. The van der Waals surface area contributed by atoms with Crippen LogP contribution in [0.3, 0.4) is 0 Å². The van der Waals surface area contributed by atoms with Gasteiger partial charge in [0, 0.05) is 0 Å². The Morgan fingerprint density at radius 2 is 0.626 bits per heavy atom. The van der Waals surface area contributed by atoms with E-state index in [0.29, 0.717) is 43.3 Å². The van der Waals surface area contributed by atoms with Crippen LogP contribution in [-0.4, -0.2) is 0 Å². The van der Waals surface area contributed by atoms with Gasteiger partial charge < -0.3 is 0 Å². The van der Waals surface area contributed by atoms with Crippen LogP contribution in [0.5, 0.6) is 0 Å². The molecule has 115 heavy (non-hydrogen) atoms. The minimum absolute atomic E-state index is 0.500. The molecule has 0 heteroatoms. The molecule has 0 aliphatic heterocycles. The Hall–Kier alpha value is 0. The summed E-state index contributed by atoms with van der Waals surface area (Å²) in [6.45, 7) is 69.1. The molecule has 0 amide bonds. The first-order valence-electron chi connectivity index (χ1n) is 53.6. The Morgan fingerprint density at radius 1 is 0.287 bits per heavy atom. The van der Waals surface area contributed by atoms with Gasteiger partial charge in [0.25, 0.3) is 0 Å². The van der Waals surface area contributed by atoms with Crippen molar-refractivity contribution >= 4 is 0 Å². The first-order chi connectivity index (χ1) is 53.6. The predicted octanol–water partition coefficient (Wildman–Crippen LogP) is 37.6. The summed E-state index contributed by atoms with van der Waals surface area (Å²) < 4.78 is 0. The van der Waals surface area contributed by atoms with E-state index in [1.54, 1.807) is 148 Å². The summed E-state index contributed by atoms with van der Waals surface area (Å²) in [5.74, 6) is 25.7. The summed E-state index contributed by atoms with van der Waals surface area (Å²) in [5.41, 5.74) is 8.19. The number of hydrogen-bond donors (Lipinski definition) is 0. The molecule has 24 aliphatic rings. The van der Waals surface area contributed by atoms with Crippen molar-refractivity contribution in [1.29, 1.82) is 0 Å². The summed E-state index contributed by atoms with van der Waals surface area (Å²) in [6, 6.07) is 0. The van der Waals surface area contributed by atoms with Crippen molar-refractivity contribution in [3.8, 4) is 0 Å². The highest BCUT2D eigenvalue weighted by Crippen LogP contribution is 2.72. The van der Waals surface area contributed by atoms with E-state index >= 15 is 0 Å². The van der Waals surface area contributed by atoms with E-state index in [-0.39, 0.29) is 0 Å². The zero-order valence-corrected chi connectivity index (χ0v) is 84.3. The van der Waals surface area contributed by atoms with Gasteiger partial charge in [0.1, 0.15) is 0 Å². The van der Waals surface area contributed by atoms with Gasteiger partial charge in [0.05, 0.1) is 0 Å². The van der Waals surface area contributed by atoms with Gasteiger partial charge in [-0.1, -0.05) is 310 Å². The lowest BCUT2D eigenvalue weighted by molar-refractivity contribution is -0.122. The zero-order valence-electron chi connectivity index (χ0n) is 84.3. The van der Waals surface area contributed by atoms with Crippen molar-refractivity contribution in [3.63, 3.8) is 0 Å². The molecule has 24 fully saturated rings. The van der Waals surface area contributed by atoms with Gasteiger partial charge in [-0.3, -0.25) is 0 Å². The highest BCUT2D eigenvalue weighted by molar-refractivity contribution is 5.14. The Kier molecular flexibility index (Phi) is 33.4. The molecule has 0 heterocycles.